The van der Waals surface area contributed by atoms with Gasteiger partial charge in [0, 0.05) is 53.4 Å². The number of nitrogens with one attached hydrogen (secondary N) is 2. The number of phenolic OH excluding ortho intramolecular Hbond substituents is 1. The third-order valence-corrected chi connectivity index (χ3v) is 10.5. The van der Waals surface area contributed by atoms with E-state index in [0.29, 0.717) is 59.5 Å². The average Bonchev–Trinajstić information content (AvgIpc) is 3.64. The number of aromatic hydroxyl groups is 1. The highest BCUT2D eigenvalue weighted by molar-refractivity contribution is 8.00. The topological polar surface area (TPSA) is 158 Å². The third-order valence-electron chi connectivity index (χ3n) is 9.02. The fourth-order valence-corrected chi connectivity index (χ4v) is 7.92. The number of likely N-dealkylation sites (N-methyl/N-ethyl adjacent to an activating group) is 1. The van der Waals surface area contributed by atoms with Gasteiger partial charge in [0.1, 0.15) is 11.5 Å². The van der Waals surface area contributed by atoms with Crippen molar-refractivity contribution in [3.8, 4) is 11.5 Å². The zero-order chi connectivity index (χ0) is 34.5. The Morgan fingerprint density at radius 3 is 2.61 bits per heavy atom. The molecule has 13 heteroatoms. The molecule has 0 saturated carbocycles. The largest absolute Gasteiger partial charge is 0.508 e. The van der Waals surface area contributed by atoms with Crippen LogP contribution in [-0.2, 0) is 11.3 Å². The van der Waals surface area contributed by atoms with Gasteiger partial charge in [-0.2, -0.15) is 22.0 Å². The zero-order valence-corrected chi connectivity index (χ0v) is 29.0. The molecule has 3 heterocycles. The second-order valence-corrected chi connectivity index (χ2v) is 14.1. The number of fused-ring (bicyclic) bond motifs is 3. The number of amides is 3. The molecule has 2 fully saturated rings. The quantitative estimate of drug-likeness (QED) is 0.0537. The van der Waals surface area contributed by atoms with Crippen molar-refractivity contribution in [3.05, 3.63) is 60.2 Å². The lowest BCUT2D eigenvalue weighted by Crippen LogP contribution is -2.37. The first kappa shape index (κ1) is 34.3. The Labute approximate surface area is 290 Å². The van der Waals surface area contributed by atoms with Crippen molar-refractivity contribution in [3.63, 3.8) is 0 Å². The molecule has 0 unspecified atom stereocenters. The molecule has 1 aromatic heterocycles. The Hall–Kier alpha value is -4.62. The fourth-order valence-electron chi connectivity index (χ4n) is 6.38. The van der Waals surface area contributed by atoms with E-state index in [1.807, 2.05) is 74.1 Å². The predicted octanol–water partition coefficient (Wildman–Crippen LogP) is 6.11. The van der Waals surface area contributed by atoms with Crippen LogP contribution >= 0.6 is 11.8 Å². The van der Waals surface area contributed by atoms with Crippen LogP contribution in [0.5, 0.6) is 11.5 Å². The van der Waals surface area contributed by atoms with Crippen LogP contribution in [0.4, 0.5) is 21.9 Å². The van der Waals surface area contributed by atoms with Crippen molar-refractivity contribution in [2.45, 2.75) is 56.5 Å². The minimum atomic E-state index is -0.0801. The number of nitrogens with two attached hydrogens (primary N) is 1. The number of nitrogen functional groups attached to an aromatic ring is 1. The molecule has 258 valence electrons. The molecule has 0 bridgehead atoms. The number of carbonyl (C=O) groups is 2. The smallest absolute Gasteiger partial charge is 0.315 e. The molecule has 2 aliphatic rings. The molecular weight excluding hydrogens is 641 g/mol. The lowest BCUT2D eigenvalue weighted by atomic mass is 10.0. The second kappa shape index (κ2) is 15.3. The van der Waals surface area contributed by atoms with E-state index in [1.54, 1.807) is 23.1 Å². The van der Waals surface area contributed by atoms with E-state index in [-0.39, 0.29) is 36.3 Å². The average molecular weight is 685 g/mol. The third kappa shape index (κ3) is 8.16. The lowest BCUT2D eigenvalue weighted by molar-refractivity contribution is -0.132. The van der Waals surface area contributed by atoms with Gasteiger partial charge in [0.25, 0.3) is 0 Å². The van der Waals surface area contributed by atoms with E-state index in [2.05, 4.69) is 20.9 Å². The first-order valence-electron chi connectivity index (χ1n) is 16.8. The van der Waals surface area contributed by atoms with Crippen LogP contribution in [0.25, 0.3) is 21.8 Å². The number of thioether (sulfide) groups is 1. The lowest BCUT2D eigenvalue weighted by Gasteiger charge is -2.25. The standard InChI is InChI=1S/C36H44N8O4S/c1-4-48-25-11-13-28-27(19-25)34(37)26-12-9-24(18-29(26)38-28)42-41-23-10-14-31(45)22(17-23)20-44(16-15-43(2)3)33(46)8-6-5-7-32-35-30(21-49-32)39-36(47)40-35/h9-14,17-19,30,32,35,45H,4-8,15-16,20-21H2,1-3H3,(H2,37,38)(H2,39,40,47)/b42-41+/t30-,32-,35-/m0/s1. The normalized spacial score (nSPS) is 18.7. The molecule has 2 saturated heterocycles. The number of unbranched alkanes of at least 4 members (excludes halogenated alkanes) is 1. The van der Waals surface area contributed by atoms with Crippen molar-refractivity contribution in [2.24, 2.45) is 10.2 Å². The predicted molar refractivity (Wildman–Crippen MR) is 195 cm³/mol. The summed E-state index contributed by atoms with van der Waals surface area (Å²) in [4.78, 5) is 33.8. The number of carbonyl (C=O) groups excluding carboxylic acids is 2. The monoisotopic (exact) mass is 684 g/mol. The summed E-state index contributed by atoms with van der Waals surface area (Å²) in [5, 5.41) is 27.7. The number of ether oxygens (including phenoxy) is 1. The van der Waals surface area contributed by atoms with E-state index >= 15 is 0 Å². The Balaban J connectivity index is 1.11. The van der Waals surface area contributed by atoms with Gasteiger partial charge < -0.3 is 36.0 Å². The van der Waals surface area contributed by atoms with Gasteiger partial charge in [0.2, 0.25) is 5.91 Å². The molecule has 12 nitrogen and oxygen atoms in total. The number of aromatic nitrogens is 1. The van der Waals surface area contributed by atoms with E-state index < -0.39 is 0 Å². The molecule has 4 aromatic rings. The van der Waals surface area contributed by atoms with Crippen LogP contribution in [0.15, 0.2) is 64.8 Å². The second-order valence-electron chi connectivity index (χ2n) is 12.8. The maximum Gasteiger partial charge on any atom is 0.315 e. The number of benzene rings is 3. The molecule has 0 aliphatic carbocycles. The molecule has 3 amide bonds. The van der Waals surface area contributed by atoms with Crippen LogP contribution in [0.2, 0.25) is 0 Å². The van der Waals surface area contributed by atoms with Crippen molar-refractivity contribution >= 4 is 62.6 Å². The van der Waals surface area contributed by atoms with E-state index in [0.717, 1.165) is 47.1 Å². The number of rotatable bonds is 14. The van der Waals surface area contributed by atoms with Crippen LogP contribution in [0, 0.1) is 0 Å². The van der Waals surface area contributed by atoms with Crippen molar-refractivity contribution in [1.29, 1.82) is 0 Å². The molecule has 3 atom stereocenters. The van der Waals surface area contributed by atoms with Gasteiger partial charge in [-0.1, -0.05) is 6.42 Å². The maximum atomic E-state index is 13.4. The first-order valence-corrected chi connectivity index (χ1v) is 17.8. The van der Waals surface area contributed by atoms with Crippen LogP contribution in [0.3, 0.4) is 0 Å². The molecule has 49 heavy (non-hydrogen) atoms. The van der Waals surface area contributed by atoms with Crippen LogP contribution in [-0.4, -0.2) is 88.7 Å². The van der Waals surface area contributed by atoms with Gasteiger partial charge >= 0.3 is 6.03 Å². The van der Waals surface area contributed by atoms with Gasteiger partial charge in [-0.25, -0.2) is 9.78 Å². The number of pyridine rings is 1. The molecule has 0 radical (unpaired) electrons. The number of anilines is 1. The summed E-state index contributed by atoms with van der Waals surface area (Å²) in [5.41, 5.74) is 10.4. The Morgan fingerprint density at radius 1 is 1.02 bits per heavy atom. The Bertz CT molecular complexity index is 1870. The van der Waals surface area contributed by atoms with Crippen LogP contribution in [0.1, 0.15) is 38.2 Å². The van der Waals surface area contributed by atoms with Crippen molar-refractivity contribution in [1.82, 2.24) is 25.4 Å². The summed E-state index contributed by atoms with van der Waals surface area (Å²) in [6.07, 6.45) is 3.06. The summed E-state index contributed by atoms with van der Waals surface area (Å²) < 4.78 is 5.63. The number of hydrogen-bond acceptors (Lipinski definition) is 10. The molecule has 5 N–H and O–H groups in total. The number of urea groups is 1. The molecule has 6 rings (SSSR count). The van der Waals surface area contributed by atoms with Gasteiger partial charge in [-0.05, 0) is 88.5 Å². The number of hydrogen-bond donors (Lipinski definition) is 4. The summed E-state index contributed by atoms with van der Waals surface area (Å²) in [7, 11) is 3.95. The summed E-state index contributed by atoms with van der Waals surface area (Å²) >= 11 is 1.89. The number of azo groups is 1. The SMILES string of the molecule is CCOc1ccc2nc3cc(/N=N/c4ccc(O)c(CN(CCN(C)C)C(=O)CCCC[C@@H]5SC[C@@H]6NC(=O)N[C@@H]65)c4)ccc3c(N)c2c1. The van der Waals surface area contributed by atoms with E-state index in [4.69, 9.17) is 15.5 Å². The highest BCUT2D eigenvalue weighted by Crippen LogP contribution is 2.35. The molecule has 3 aromatic carbocycles. The first-order chi connectivity index (χ1) is 23.7. The summed E-state index contributed by atoms with van der Waals surface area (Å²) in [6.45, 7) is 4.00. The van der Waals surface area contributed by atoms with Gasteiger partial charge in [0.15, 0.2) is 0 Å². The minimum absolute atomic E-state index is 0.0469. The Kier molecular flexibility index (Phi) is 10.7. The number of phenols is 1. The minimum Gasteiger partial charge on any atom is -0.508 e. The van der Waals surface area contributed by atoms with Crippen LogP contribution < -0.4 is 21.1 Å². The van der Waals surface area contributed by atoms with E-state index in [9.17, 15) is 14.7 Å². The van der Waals surface area contributed by atoms with Crippen molar-refractivity contribution < 1.29 is 19.4 Å². The maximum absolute atomic E-state index is 13.4. The highest BCUT2D eigenvalue weighted by atomic mass is 32.2. The van der Waals surface area contributed by atoms with E-state index in [1.165, 1.54) is 0 Å². The zero-order valence-electron chi connectivity index (χ0n) is 28.2. The molecule has 0 spiro atoms. The van der Waals surface area contributed by atoms with Gasteiger partial charge in [0.05, 0.1) is 46.8 Å². The van der Waals surface area contributed by atoms with Crippen molar-refractivity contribution in [2.75, 3.05) is 45.3 Å². The summed E-state index contributed by atoms with van der Waals surface area (Å²) in [5.74, 6) is 1.83. The highest BCUT2D eigenvalue weighted by Gasteiger charge is 2.42. The number of nitrogens with zero attached hydrogens (tertiary/aromatic N) is 5. The van der Waals surface area contributed by atoms with Gasteiger partial charge in [-0.3, -0.25) is 4.79 Å². The molecule has 2 aliphatic heterocycles. The molecular formula is C36H44N8O4S. The fraction of sp³-hybridized carbons (Fsp3) is 0.417. The Morgan fingerprint density at radius 2 is 1.82 bits per heavy atom. The summed E-state index contributed by atoms with van der Waals surface area (Å²) in [6, 6.07) is 16.6. The van der Waals surface area contributed by atoms with Gasteiger partial charge in [-0.15, -0.1) is 0 Å².